The summed E-state index contributed by atoms with van der Waals surface area (Å²) in [7, 11) is 0. The molecule has 118 valence electrons. The highest BCUT2D eigenvalue weighted by atomic mass is 35.5. The molecule has 0 atom stereocenters. The van der Waals surface area contributed by atoms with Crippen molar-refractivity contribution in [1.29, 1.82) is 0 Å². The second-order valence-corrected chi connectivity index (χ2v) is 6.53. The lowest BCUT2D eigenvalue weighted by Gasteiger charge is -2.38. The summed E-state index contributed by atoms with van der Waals surface area (Å²) in [4.78, 5) is 14.6. The molecule has 1 fully saturated rings. The molecule has 0 saturated carbocycles. The lowest BCUT2D eigenvalue weighted by Crippen LogP contribution is -3.00. The fourth-order valence-electron chi connectivity index (χ4n) is 3.23. The van der Waals surface area contributed by atoms with Gasteiger partial charge >= 0.3 is 0 Å². The maximum atomic E-state index is 12.7. The van der Waals surface area contributed by atoms with Crippen LogP contribution in [0.2, 0.25) is 0 Å². The van der Waals surface area contributed by atoms with E-state index >= 15 is 0 Å². The Morgan fingerprint density at radius 3 is 2.36 bits per heavy atom. The fourth-order valence-corrected chi connectivity index (χ4v) is 3.23. The molecule has 1 amide bonds. The van der Waals surface area contributed by atoms with Crippen LogP contribution in [0.4, 0.5) is 0 Å². The fraction of sp³-hybridized carbons (Fsp3) is 0.444. The molecule has 0 aliphatic carbocycles. The van der Waals surface area contributed by atoms with Gasteiger partial charge in [0.2, 0.25) is 0 Å². The van der Waals surface area contributed by atoms with Gasteiger partial charge in [-0.3, -0.25) is 4.79 Å². The van der Waals surface area contributed by atoms with Gasteiger partial charge in [-0.2, -0.15) is 0 Å². The zero-order chi connectivity index (χ0) is 14.9. The molecule has 0 bridgehead atoms. The van der Waals surface area contributed by atoms with Crippen LogP contribution in [0.3, 0.4) is 0 Å². The SMILES string of the molecule is CC1(C)CC(=[N+]2CCCC2)C=CN1C(=O)c1ccccc1.[Cl-]. The molecular weight excluding hydrogens is 296 g/mol. The number of halogens is 1. The summed E-state index contributed by atoms with van der Waals surface area (Å²) in [5.74, 6) is 0.0809. The highest BCUT2D eigenvalue weighted by molar-refractivity contribution is 5.99. The highest BCUT2D eigenvalue weighted by Crippen LogP contribution is 2.27. The molecular formula is C18H23ClN2O. The zero-order valence-electron chi connectivity index (χ0n) is 13.3. The normalized spacial score (nSPS) is 20.0. The zero-order valence-corrected chi connectivity index (χ0v) is 14.0. The quantitative estimate of drug-likeness (QED) is 0.673. The number of allylic oxidation sites excluding steroid dienone is 1. The molecule has 0 unspecified atom stereocenters. The largest absolute Gasteiger partial charge is 1.00 e. The van der Waals surface area contributed by atoms with E-state index in [1.807, 2.05) is 41.4 Å². The Hall–Kier alpha value is -1.61. The Balaban J connectivity index is 0.00000176. The Labute approximate surface area is 138 Å². The van der Waals surface area contributed by atoms with E-state index in [2.05, 4.69) is 24.5 Å². The van der Waals surface area contributed by atoms with E-state index < -0.39 is 0 Å². The maximum absolute atomic E-state index is 12.7. The molecule has 0 aromatic heterocycles. The van der Waals surface area contributed by atoms with Crippen molar-refractivity contribution in [3.63, 3.8) is 0 Å². The number of amides is 1. The summed E-state index contributed by atoms with van der Waals surface area (Å²) in [5.41, 5.74) is 1.94. The van der Waals surface area contributed by atoms with E-state index in [9.17, 15) is 4.79 Å². The minimum atomic E-state index is -0.181. The average Bonchev–Trinajstić information content (AvgIpc) is 3.01. The van der Waals surface area contributed by atoms with Gasteiger partial charge in [-0.1, -0.05) is 18.2 Å². The van der Waals surface area contributed by atoms with Gasteiger partial charge in [-0.15, -0.1) is 0 Å². The van der Waals surface area contributed by atoms with Crippen LogP contribution in [-0.4, -0.2) is 39.7 Å². The lowest BCUT2D eigenvalue weighted by atomic mass is 9.91. The van der Waals surface area contributed by atoms with Crippen molar-refractivity contribution in [3.05, 3.63) is 48.2 Å². The number of rotatable bonds is 1. The first-order valence-electron chi connectivity index (χ1n) is 7.76. The van der Waals surface area contributed by atoms with E-state index in [0.717, 1.165) is 25.1 Å². The van der Waals surface area contributed by atoms with Crippen molar-refractivity contribution in [2.75, 3.05) is 13.1 Å². The molecule has 0 radical (unpaired) electrons. The number of hydrogen-bond donors (Lipinski definition) is 0. The maximum Gasteiger partial charge on any atom is 0.258 e. The van der Waals surface area contributed by atoms with E-state index in [0.29, 0.717) is 0 Å². The van der Waals surface area contributed by atoms with Crippen LogP contribution in [0.1, 0.15) is 43.5 Å². The summed E-state index contributed by atoms with van der Waals surface area (Å²) < 4.78 is 2.46. The minimum Gasteiger partial charge on any atom is -1.00 e. The molecule has 0 N–H and O–H groups in total. The van der Waals surface area contributed by atoms with Crippen LogP contribution in [0.25, 0.3) is 0 Å². The van der Waals surface area contributed by atoms with Gasteiger partial charge in [0.25, 0.3) is 5.91 Å². The number of benzene rings is 1. The molecule has 3 nitrogen and oxygen atoms in total. The Morgan fingerprint density at radius 1 is 1.14 bits per heavy atom. The van der Waals surface area contributed by atoms with Gasteiger partial charge in [0.15, 0.2) is 5.71 Å². The van der Waals surface area contributed by atoms with Crippen LogP contribution in [0.15, 0.2) is 42.6 Å². The number of hydrogen-bond acceptors (Lipinski definition) is 1. The van der Waals surface area contributed by atoms with Crippen LogP contribution in [0.5, 0.6) is 0 Å². The molecule has 2 heterocycles. The van der Waals surface area contributed by atoms with Crippen molar-refractivity contribution >= 4 is 11.6 Å². The van der Waals surface area contributed by atoms with Crippen molar-refractivity contribution in [2.24, 2.45) is 0 Å². The van der Waals surface area contributed by atoms with Gasteiger partial charge in [-0.05, 0) is 26.0 Å². The van der Waals surface area contributed by atoms with Gasteiger partial charge in [0.1, 0.15) is 13.1 Å². The number of carbonyl (C=O) groups excluding carboxylic acids is 1. The predicted molar refractivity (Wildman–Crippen MR) is 84.7 cm³/mol. The first-order valence-corrected chi connectivity index (χ1v) is 7.76. The van der Waals surface area contributed by atoms with Crippen molar-refractivity contribution in [2.45, 2.75) is 38.6 Å². The molecule has 1 aromatic rings. The van der Waals surface area contributed by atoms with Gasteiger partial charge in [0.05, 0.1) is 12.0 Å². The third kappa shape index (κ3) is 3.25. The molecule has 4 heteroatoms. The van der Waals surface area contributed by atoms with Gasteiger partial charge < -0.3 is 17.3 Å². The smallest absolute Gasteiger partial charge is 0.258 e. The summed E-state index contributed by atoms with van der Waals surface area (Å²) in [6.07, 6.45) is 7.57. The van der Waals surface area contributed by atoms with Crippen molar-refractivity contribution in [1.82, 2.24) is 4.90 Å². The number of nitrogens with zero attached hydrogens (tertiary/aromatic N) is 2. The number of carbonyl (C=O) groups is 1. The summed E-state index contributed by atoms with van der Waals surface area (Å²) >= 11 is 0. The molecule has 1 aromatic carbocycles. The van der Waals surface area contributed by atoms with Crippen molar-refractivity contribution < 1.29 is 21.8 Å². The Kier molecular flexibility index (Phi) is 5.07. The molecule has 3 rings (SSSR count). The molecule has 2 aliphatic heterocycles. The van der Waals surface area contributed by atoms with E-state index in [4.69, 9.17) is 0 Å². The summed E-state index contributed by atoms with van der Waals surface area (Å²) in [6, 6.07) is 9.52. The first-order chi connectivity index (χ1) is 10.1. The first kappa shape index (κ1) is 16.8. The van der Waals surface area contributed by atoms with Gasteiger partial charge in [-0.25, -0.2) is 4.58 Å². The second-order valence-electron chi connectivity index (χ2n) is 6.53. The van der Waals surface area contributed by atoms with Gasteiger partial charge in [0, 0.05) is 30.7 Å². The highest BCUT2D eigenvalue weighted by Gasteiger charge is 2.37. The summed E-state index contributed by atoms with van der Waals surface area (Å²) in [5, 5.41) is 0. The van der Waals surface area contributed by atoms with E-state index in [1.54, 1.807) is 0 Å². The molecule has 1 saturated heterocycles. The van der Waals surface area contributed by atoms with Crippen LogP contribution in [-0.2, 0) is 0 Å². The van der Waals surface area contributed by atoms with E-state index in [1.165, 1.54) is 18.6 Å². The predicted octanol–water partition coefficient (Wildman–Crippen LogP) is 0.0761. The molecule has 0 spiro atoms. The summed E-state index contributed by atoms with van der Waals surface area (Å²) in [6.45, 7) is 6.60. The monoisotopic (exact) mass is 318 g/mol. The van der Waals surface area contributed by atoms with Crippen LogP contribution in [0, 0.1) is 0 Å². The lowest BCUT2D eigenvalue weighted by molar-refractivity contribution is -0.506. The van der Waals surface area contributed by atoms with Crippen LogP contribution >= 0.6 is 0 Å². The van der Waals surface area contributed by atoms with Crippen LogP contribution < -0.4 is 12.4 Å². The third-order valence-corrected chi connectivity index (χ3v) is 4.43. The van der Waals surface area contributed by atoms with Crippen molar-refractivity contribution in [3.8, 4) is 0 Å². The standard InChI is InChI=1S/C18H23N2O.ClH/c1-18(2)14-16(19-11-6-7-12-19)10-13-20(18)17(21)15-8-4-3-5-9-15;/h3-5,8-10,13H,6-7,11-12,14H2,1-2H3;1H/q+1;/p-1. The average molecular weight is 319 g/mol. The molecule has 22 heavy (non-hydrogen) atoms. The second kappa shape index (κ2) is 6.66. The Bertz CT molecular complexity index is 597. The third-order valence-electron chi connectivity index (χ3n) is 4.43. The Morgan fingerprint density at radius 2 is 1.77 bits per heavy atom. The van der Waals surface area contributed by atoms with E-state index in [-0.39, 0.29) is 23.9 Å². The topological polar surface area (TPSA) is 23.3 Å². The minimum absolute atomic E-state index is 0. The molecule has 2 aliphatic rings.